The average Bonchev–Trinajstić information content (AvgIpc) is 2.45. The van der Waals surface area contributed by atoms with Gasteiger partial charge in [0.1, 0.15) is 6.07 Å². The van der Waals surface area contributed by atoms with Crippen molar-refractivity contribution in [3.8, 4) is 6.07 Å². The Hall–Kier alpha value is -2.58. The van der Waals surface area contributed by atoms with Crippen LogP contribution in [0.4, 0.5) is 11.4 Å². The summed E-state index contributed by atoms with van der Waals surface area (Å²) < 4.78 is 0. The zero-order valence-corrected chi connectivity index (χ0v) is 10.2. The molecule has 0 saturated carbocycles. The van der Waals surface area contributed by atoms with Crippen LogP contribution in [-0.2, 0) is 0 Å². The van der Waals surface area contributed by atoms with Gasteiger partial charge in [0, 0.05) is 18.4 Å². The fourth-order valence-corrected chi connectivity index (χ4v) is 1.68. The Labute approximate surface area is 111 Å². The molecule has 4 N–H and O–H groups in total. The van der Waals surface area contributed by atoms with E-state index in [0.29, 0.717) is 23.6 Å². The first-order valence-electron chi connectivity index (χ1n) is 5.83. The van der Waals surface area contributed by atoms with E-state index >= 15 is 0 Å². The van der Waals surface area contributed by atoms with Crippen molar-refractivity contribution in [2.45, 2.75) is 6.10 Å². The summed E-state index contributed by atoms with van der Waals surface area (Å²) in [5, 5.41) is 21.9. The first-order chi connectivity index (χ1) is 9.20. The van der Waals surface area contributed by atoms with E-state index in [1.54, 1.807) is 42.6 Å². The highest BCUT2D eigenvalue weighted by Gasteiger charge is 2.08. The molecule has 5 heteroatoms. The van der Waals surface area contributed by atoms with Gasteiger partial charge in [-0.2, -0.15) is 5.26 Å². The minimum absolute atomic E-state index is 0.296. The fourth-order valence-electron chi connectivity index (χ4n) is 1.68. The first kappa shape index (κ1) is 12.9. The summed E-state index contributed by atoms with van der Waals surface area (Å²) in [4.78, 5) is 3.94. The molecule has 5 nitrogen and oxygen atoms in total. The van der Waals surface area contributed by atoms with Gasteiger partial charge in [-0.15, -0.1) is 0 Å². The molecule has 19 heavy (non-hydrogen) atoms. The maximum absolute atomic E-state index is 10.0. The molecule has 0 aliphatic heterocycles. The monoisotopic (exact) mass is 254 g/mol. The smallest absolute Gasteiger partial charge is 0.163 e. The molecule has 1 heterocycles. The van der Waals surface area contributed by atoms with Crippen molar-refractivity contribution in [1.82, 2.24) is 4.98 Å². The van der Waals surface area contributed by atoms with Crippen molar-refractivity contribution >= 4 is 11.4 Å². The quantitative estimate of drug-likeness (QED) is 0.721. The Morgan fingerprint density at radius 1 is 1.32 bits per heavy atom. The lowest BCUT2D eigenvalue weighted by atomic mass is 10.1. The normalized spacial score (nSPS) is 11.6. The maximum atomic E-state index is 10.0. The Morgan fingerprint density at radius 2 is 2.05 bits per heavy atom. The molecule has 2 rings (SSSR count). The zero-order chi connectivity index (χ0) is 13.7. The van der Waals surface area contributed by atoms with E-state index in [4.69, 9.17) is 11.0 Å². The number of aliphatic hydroxyl groups is 1. The van der Waals surface area contributed by atoms with E-state index in [0.717, 1.165) is 5.56 Å². The van der Waals surface area contributed by atoms with Crippen LogP contribution in [0.3, 0.4) is 0 Å². The highest BCUT2D eigenvalue weighted by atomic mass is 16.3. The molecule has 1 atom stereocenters. The Bertz CT molecular complexity index is 589. The maximum Gasteiger partial charge on any atom is 0.163 e. The van der Waals surface area contributed by atoms with Crippen LogP contribution in [0, 0.1) is 11.3 Å². The summed E-state index contributed by atoms with van der Waals surface area (Å²) in [7, 11) is 0. The summed E-state index contributed by atoms with van der Waals surface area (Å²) in [5.41, 5.74) is 7.93. The zero-order valence-electron chi connectivity index (χ0n) is 10.2. The number of hydrogen-bond acceptors (Lipinski definition) is 5. The molecule has 0 fully saturated rings. The van der Waals surface area contributed by atoms with E-state index in [-0.39, 0.29) is 0 Å². The number of pyridine rings is 1. The summed E-state index contributed by atoms with van der Waals surface area (Å²) in [6.07, 6.45) is 0.882. The van der Waals surface area contributed by atoms with Crippen LogP contribution < -0.4 is 11.1 Å². The van der Waals surface area contributed by atoms with Gasteiger partial charge in [0.15, 0.2) is 5.69 Å². The molecular weight excluding hydrogens is 240 g/mol. The van der Waals surface area contributed by atoms with Gasteiger partial charge >= 0.3 is 0 Å². The lowest BCUT2D eigenvalue weighted by molar-refractivity contribution is 0.191. The van der Waals surface area contributed by atoms with Crippen LogP contribution in [0.2, 0.25) is 0 Å². The highest BCUT2D eigenvalue weighted by molar-refractivity contribution is 5.53. The van der Waals surface area contributed by atoms with Crippen LogP contribution in [0.5, 0.6) is 0 Å². The van der Waals surface area contributed by atoms with Crippen LogP contribution in [0.15, 0.2) is 42.6 Å². The number of nitrogen functional groups attached to an aromatic ring is 1. The molecule has 0 spiro atoms. The van der Waals surface area contributed by atoms with Gasteiger partial charge in [-0.05, 0) is 29.8 Å². The average molecular weight is 254 g/mol. The summed E-state index contributed by atoms with van der Waals surface area (Å²) >= 11 is 0. The third kappa shape index (κ3) is 3.21. The Kier molecular flexibility index (Phi) is 3.96. The van der Waals surface area contributed by atoms with Crippen molar-refractivity contribution < 1.29 is 5.11 Å². The lowest BCUT2D eigenvalue weighted by Gasteiger charge is -2.13. The van der Waals surface area contributed by atoms with Crippen molar-refractivity contribution in [2.24, 2.45) is 0 Å². The number of nitrogens with zero attached hydrogens (tertiary/aromatic N) is 2. The third-order valence-electron chi connectivity index (χ3n) is 2.72. The van der Waals surface area contributed by atoms with E-state index in [1.165, 1.54) is 0 Å². The number of nitrogens with one attached hydrogen (secondary N) is 1. The summed E-state index contributed by atoms with van der Waals surface area (Å²) in [6.45, 7) is 0.296. The van der Waals surface area contributed by atoms with Gasteiger partial charge in [0.05, 0.1) is 11.8 Å². The molecule has 0 aliphatic carbocycles. The van der Waals surface area contributed by atoms with Gasteiger partial charge in [-0.25, -0.2) is 4.98 Å². The predicted molar refractivity (Wildman–Crippen MR) is 73.3 cm³/mol. The molecule has 1 aromatic carbocycles. The molecule has 1 aromatic heterocycles. The molecule has 2 aromatic rings. The molecule has 0 aliphatic rings. The largest absolute Gasteiger partial charge is 0.399 e. The molecule has 0 radical (unpaired) electrons. The molecular formula is C14H14N4O. The van der Waals surface area contributed by atoms with Crippen LogP contribution in [-0.4, -0.2) is 16.6 Å². The molecule has 96 valence electrons. The second-order valence-corrected chi connectivity index (χ2v) is 4.07. The first-order valence-corrected chi connectivity index (χ1v) is 5.83. The van der Waals surface area contributed by atoms with E-state index in [1.807, 2.05) is 6.07 Å². The Balaban J connectivity index is 2.02. The van der Waals surface area contributed by atoms with Gasteiger partial charge in [-0.1, -0.05) is 12.1 Å². The standard InChI is InChI=1S/C14H14N4O/c15-8-13-12(2-1-7-17-13)18-9-14(19)10-3-5-11(16)6-4-10/h1-7,14,18-19H,9,16H2. The number of aliphatic hydroxyl groups excluding tert-OH is 1. The number of anilines is 2. The molecule has 0 saturated heterocycles. The Morgan fingerprint density at radius 3 is 2.74 bits per heavy atom. The van der Waals surface area contributed by atoms with Crippen molar-refractivity contribution in [3.63, 3.8) is 0 Å². The number of hydrogen-bond donors (Lipinski definition) is 3. The number of benzene rings is 1. The van der Waals surface area contributed by atoms with Gasteiger partial charge in [-0.3, -0.25) is 0 Å². The molecule has 0 bridgehead atoms. The number of nitrogens with two attached hydrogens (primary N) is 1. The van der Waals surface area contributed by atoms with Gasteiger partial charge < -0.3 is 16.2 Å². The van der Waals surface area contributed by atoms with Crippen molar-refractivity contribution in [1.29, 1.82) is 5.26 Å². The summed E-state index contributed by atoms with van der Waals surface area (Å²) in [5.74, 6) is 0. The van der Waals surface area contributed by atoms with E-state index < -0.39 is 6.10 Å². The number of rotatable bonds is 4. The minimum Gasteiger partial charge on any atom is -0.399 e. The lowest BCUT2D eigenvalue weighted by Crippen LogP contribution is -2.13. The van der Waals surface area contributed by atoms with Gasteiger partial charge in [0.25, 0.3) is 0 Å². The van der Waals surface area contributed by atoms with Gasteiger partial charge in [0.2, 0.25) is 0 Å². The highest BCUT2D eigenvalue weighted by Crippen LogP contribution is 2.17. The van der Waals surface area contributed by atoms with Crippen LogP contribution in [0.25, 0.3) is 0 Å². The predicted octanol–water partition coefficient (Wildman–Crippen LogP) is 1.68. The SMILES string of the molecule is N#Cc1ncccc1NCC(O)c1ccc(N)cc1. The van der Waals surface area contributed by atoms with E-state index in [2.05, 4.69) is 10.3 Å². The van der Waals surface area contributed by atoms with Crippen LogP contribution >= 0.6 is 0 Å². The fraction of sp³-hybridized carbons (Fsp3) is 0.143. The number of nitriles is 1. The minimum atomic E-state index is -0.674. The van der Waals surface area contributed by atoms with E-state index in [9.17, 15) is 5.11 Å². The summed E-state index contributed by atoms with van der Waals surface area (Å²) in [6, 6.07) is 12.5. The third-order valence-corrected chi connectivity index (χ3v) is 2.72. The second-order valence-electron chi connectivity index (χ2n) is 4.07. The number of aromatic nitrogens is 1. The topological polar surface area (TPSA) is 95.0 Å². The van der Waals surface area contributed by atoms with Crippen LogP contribution in [0.1, 0.15) is 17.4 Å². The molecule has 1 unspecified atom stereocenters. The van der Waals surface area contributed by atoms with Crippen molar-refractivity contribution in [3.05, 3.63) is 53.9 Å². The molecule has 0 amide bonds. The van der Waals surface area contributed by atoms with Crippen molar-refractivity contribution in [2.75, 3.05) is 17.6 Å². The second kappa shape index (κ2) is 5.85.